The lowest BCUT2D eigenvalue weighted by atomic mass is 10.1. The predicted octanol–water partition coefficient (Wildman–Crippen LogP) is 4.87. The number of aliphatic hydroxyl groups is 1. The van der Waals surface area contributed by atoms with Gasteiger partial charge in [0, 0.05) is 15.6 Å². The number of rotatable bonds is 4. The maximum atomic E-state index is 13.0. The molecule has 106 valence electrons. The second-order valence-corrected chi connectivity index (χ2v) is 5.71. The molecule has 5 heteroatoms. The van der Waals surface area contributed by atoms with Crippen LogP contribution >= 0.6 is 27.5 Å². The van der Waals surface area contributed by atoms with Gasteiger partial charge in [-0.25, -0.2) is 4.39 Å². The molecule has 0 aromatic heterocycles. The summed E-state index contributed by atoms with van der Waals surface area (Å²) in [5, 5.41) is 10.0. The lowest BCUT2D eigenvalue weighted by Crippen LogP contribution is -2.01. The quantitative estimate of drug-likeness (QED) is 0.843. The van der Waals surface area contributed by atoms with Crippen LogP contribution in [0.4, 0.5) is 4.39 Å². The first-order valence-corrected chi connectivity index (χ1v) is 7.18. The number of hydrogen-bond donors (Lipinski definition) is 1. The van der Waals surface area contributed by atoms with E-state index in [2.05, 4.69) is 15.9 Å². The van der Waals surface area contributed by atoms with Crippen LogP contribution in [-0.4, -0.2) is 5.11 Å². The Hall–Kier alpha value is -1.10. The molecule has 2 aromatic rings. The SMILES string of the molecule is CC(O)c1ccc(Br)cc1OCc1ccc(F)cc1Cl. The van der Waals surface area contributed by atoms with E-state index in [4.69, 9.17) is 16.3 Å². The van der Waals surface area contributed by atoms with E-state index in [1.807, 2.05) is 6.07 Å². The second kappa shape index (κ2) is 6.57. The number of ether oxygens (including phenoxy) is 1. The topological polar surface area (TPSA) is 29.5 Å². The fourth-order valence-electron chi connectivity index (χ4n) is 1.77. The third-order valence-corrected chi connectivity index (χ3v) is 3.67. The monoisotopic (exact) mass is 358 g/mol. The van der Waals surface area contributed by atoms with Gasteiger partial charge in [0.1, 0.15) is 18.2 Å². The van der Waals surface area contributed by atoms with Crippen LogP contribution in [0.3, 0.4) is 0 Å². The average Bonchev–Trinajstić information content (AvgIpc) is 2.37. The van der Waals surface area contributed by atoms with Gasteiger partial charge in [0.05, 0.1) is 11.1 Å². The molecule has 1 atom stereocenters. The molecule has 0 bridgehead atoms. The van der Waals surface area contributed by atoms with Gasteiger partial charge in [0.2, 0.25) is 0 Å². The van der Waals surface area contributed by atoms with E-state index < -0.39 is 6.10 Å². The number of benzene rings is 2. The summed E-state index contributed by atoms with van der Waals surface area (Å²) in [6.45, 7) is 1.87. The molecule has 0 saturated carbocycles. The molecular weight excluding hydrogens is 347 g/mol. The second-order valence-electron chi connectivity index (χ2n) is 4.38. The van der Waals surface area contributed by atoms with Crippen molar-refractivity contribution >= 4 is 27.5 Å². The molecule has 2 rings (SSSR count). The summed E-state index contributed by atoms with van der Waals surface area (Å²) in [4.78, 5) is 0. The molecule has 0 aliphatic carbocycles. The summed E-state index contributed by atoms with van der Waals surface area (Å²) in [5.74, 6) is 0.181. The van der Waals surface area contributed by atoms with Crippen LogP contribution in [0.1, 0.15) is 24.2 Å². The zero-order valence-corrected chi connectivity index (χ0v) is 13.1. The Morgan fingerprint density at radius 2 is 2.05 bits per heavy atom. The Balaban J connectivity index is 2.20. The Labute approximate surface area is 130 Å². The third kappa shape index (κ3) is 3.72. The van der Waals surface area contributed by atoms with Crippen LogP contribution in [0.15, 0.2) is 40.9 Å². The molecule has 0 heterocycles. The summed E-state index contributed by atoms with van der Waals surface area (Å²) < 4.78 is 19.5. The third-order valence-electron chi connectivity index (χ3n) is 2.82. The van der Waals surface area contributed by atoms with E-state index in [0.29, 0.717) is 21.9 Å². The van der Waals surface area contributed by atoms with Gasteiger partial charge in [-0.15, -0.1) is 0 Å². The van der Waals surface area contributed by atoms with Crippen LogP contribution in [0.2, 0.25) is 5.02 Å². The molecule has 0 fully saturated rings. The van der Waals surface area contributed by atoms with Crippen molar-refractivity contribution in [3.63, 3.8) is 0 Å². The van der Waals surface area contributed by atoms with E-state index in [-0.39, 0.29) is 12.4 Å². The van der Waals surface area contributed by atoms with Gasteiger partial charge in [0.25, 0.3) is 0 Å². The fraction of sp³-hybridized carbons (Fsp3) is 0.200. The molecule has 0 spiro atoms. The predicted molar refractivity (Wildman–Crippen MR) is 80.5 cm³/mol. The van der Waals surface area contributed by atoms with Gasteiger partial charge in [-0.3, -0.25) is 0 Å². The molecule has 0 aliphatic rings. The largest absolute Gasteiger partial charge is 0.488 e. The zero-order valence-electron chi connectivity index (χ0n) is 10.7. The summed E-state index contributed by atoms with van der Waals surface area (Å²) in [5.41, 5.74) is 1.37. The van der Waals surface area contributed by atoms with Crippen molar-refractivity contribution in [1.82, 2.24) is 0 Å². The van der Waals surface area contributed by atoms with Gasteiger partial charge in [-0.05, 0) is 31.2 Å². The highest BCUT2D eigenvalue weighted by atomic mass is 79.9. The maximum Gasteiger partial charge on any atom is 0.126 e. The van der Waals surface area contributed by atoms with Crippen molar-refractivity contribution in [2.24, 2.45) is 0 Å². The summed E-state index contributed by atoms with van der Waals surface area (Å²) in [6, 6.07) is 9.56. The zero-order chi connectivity index (χ0) is 14.7. The van der Waals surface area contributed by atoms with Crippen molar-refractivity contribution in [3.8, 4) is 5.75 Å². The Morgan fingerprint density at radius 1 is 1.30 bits per heavy atom. The lowest BCUT2D eigenvalue weighted by molar-refractivity contribution is 0.190. The molecule has 0 aliphatic heterocycles. The number of aliphatic hydroxyl groups excluding tert-OH is 1. The number of halogens is 3. The van der Waals surface area contributed by atoms with Gasteiger partial charge in [-0.2, -0.15) is 0 Å². The highest BCUT2D eigenvalue weighted by molar-refractivity contribution is 9.10. The molecular formula is C15H13BrClFO2. The first-order chi connectivity index (χ1) is 9.47. The van der Waals surface area contributed by atoms with E-state index in [1.165, 1.54) is 12.1 Å². The van der Waals surface area contributed by atoms with Gasteiger partial charge in [0.15, 0.2) is 0 Å². The molecule has 0 radical (unpaired) electrons. The molecule has 20 heavy (non-hydrogen) atoms. The molecule has 2 aromatic carbocycles. The van der Waals surface area contributed by atoms with Crippen molar-refractivity contribution < 1.29 is 14.2 Å². The fourth-order valence-corrected chi connectivity index (χ4v) is 2.33. The Kier molecular flexibility index (Phi) is 5.02. The van der Waals surface area contributed by atoms with E-state index in [1.54, 1.807) is 25.1 Å². The van der Waals surface area contributed by atoms with Crippen molar-refractivity contribution in [2.45, 2.75) is 19.6 Å². The first kappa shape index (κ1) is 15.3. The first-order valence-electron chi connectivity index (χ1n) is 6.01. The molecule has 2 nitrogen and oxygen atoms in total. The van der Waals surface area contributed by atoms with Crippen LogP contribution in [0.5, 0.6) is 5.75 Å². The minimum atomic E-state index is -0.637. The van der Waals surface area contributed by atoms with E-state index in [9.17, 15) is 9.50 Å². The lowest BCUT2D eigenvalue weighted by Gasteiger charge is -2.14. The van der Waals surface area contributed by atoms with Crippen molar-refractivity contribution in [1.29, 1.82) is 0 Å². The summed E-state index contributed by atoms with van der Waals surface area (Å²) in [7, 11) is 0. The minimum Gasteiger partial charge on any atom is -0.488 e. The minimum absolute atomic E-state index is 0.204. The Bertz CT molecular complexity index is 617. The van der Waals surface area contributed by atoms with Gasteiger partial charge < -0.3 is 9.84 Å². The Morgan fingerprint density at radius 3 is 2.70 bits per heavy atom. The molecule has 1 unspecified atom stereocenters. The standard InChI is InChI=1S/C15H13BrClFO2/c1-9(19)13-5-3-11(16)6-15(13)20-8-10-2-4-12(18)7-14(10)17/h2-7,9,19H,8H2,1H3. The smallest absolute Gasteiger partial charge is 0.126 e. The van der Waals surface area contributed by atoms with Crippen LogP contribution in [0, 0.1) is 5.82 Å². The molecule has 0 saturated heterocycles. The summed E-state index contributed by atoms with van der Waals surface area (Å²) >= 11 is 9.31. The van der Waals surface area contributed by atoms with E-state index in [0.717, 1.165) is 4.47 Å². The van der Waals surface area contributed by atoms with Crippen LogP contribution < -0.4 is 4.74 Å². The highest BCUT2D eigenvalue weighted by Crippen LogP contribution is 2.30. The molecule has 0 amide bonds. The van der Waals surface area contributed by atoms with Crippen LogP contribution in [0.25, 0.3) is 0 Å². The van der Waals surface area contributed by atoms with Gasteiger partial charge >= 0.3 is 0 Å². The van der Waals surface area contributed by atoms with Gasteiger partial charge in [-0.1, -0.05) is 39.7 Å². The highest BCUT2D eigenvalue weighted by Gasteiger charge is 2.11. The van der Waals surface area contributed by atoms with Crippen molar-refractivity contribution in [3.05, 3.63) is 62.8 Å². The van der Waals surface area contributed by atoms with Crippen LogP contribution in [-0.2, 0) is 6.61 Å². The molecule has 1 N–H and O–H groups in total. The number of hydrogen-bond acceptors (Lipinski definition) is 2. The normalized spacial score (nSPS) is 12.2. The van der Waals surface area contributed by atoms with Crippen molar-refractivity contribution in [2.75, 3.05) is 0 Å². The maximum absolute atomic E-state index is 13.0. The van der Waals surface area contributed by atoms with E-state index >= 15 is 0 Å². The average molecular weight is 360 g/mol. The summed E-state index contributed by atoms with van der Waals surface area (Å²) in [6.07, 6.45) is -0.637.